The molecule has 0 spiro atoms. The van der Waals surface area contributed by atoms with Crippen LogP contribution in [0.2, 0.25) is 0 Å². The van der Waals surface area contributed by atoms with Gasteiger partial charge in [0.15, 0.2) is 11.6 Å². The lowest BCUT2D eigenvalue weighted by Crippen LogP contribution is -2.40. The average Bonchev–Trinajstić information content (AvgIpc) is 2.77. The maximum absolute atomic E-state index is 5.88. The van der Waals surface area contributed by atoms with E-state index in [0.29, 0.717) is 13.2 Å². The van der Waals surface area contributed by atoms with Crippen molar-refractivity contribution in [1.29, 1.82) is 0 Å². The van der Waals surface area contributed by atoms with E-state index in [0.717, 1.165) is 0 Å². The molecule has 3 rings (SSSR count). The molecule has 0 aromatic carbocycles. The molecule has 0 bridgehead atoms. The van der Waals surface area contributed by atoms with Crippen molar-refractivity contribution in [2.75, 3.05) is 13.2 Å². The highest BCUT2D eigenvalue weighted by Crippen LogP contribution is 2.39. The molecule has 3 aliphatic heterocycles. The summed E-state index contributed by atoms with van der Waals surface area (Å²) >= 11 is 0. The molecule has 3 fully saturated rings. The third-order valence-electron chi connectivity index (χ3n) is 3.40. The van der Waals surface area contributed by atoms with Crippen LogP contribution in [0, 0.1) is 0 Å². The number of fused-ring (bicyclic) bond motifs is 1. The van der Waals surface area contributed by atoms with E-state index in [1.807, 2.05) is 27.7 Å². The largest absolute Gasteiger partial charge is 0.370 e. The molecule has 0 saturated carbocycles. The molecule has 98 valence electrons. The van der Waals surface area contributed by atoms with E-state index in [4.69, 9.17) is 23.7 Å². The van der Waals surface area contributed by atoms with Crippen LogP contribution in [0.15, 0.2) is 0 Å². The Morgan fingerprint density at radius 3 is 2.06 bits per heavy atom. The smallest absolute Gasteiger partial charge is 0.164 e. The van der Waals surface area contributed by atoms with E-state index in [-0.39, 0.29) is 24.4 Å². The molecule has 0 N–H and O–H groups in total. The highest BCUT2D eigenvalue weighted by molar-refractivity contribution is 4.97. The molecule has 3 saturated heterocycles. The van der Waals surface area contributed by atoms with E-state index in [1.165, 1.54) is 0 Å². The van der Waals surface area contributed by atoms with Crippen molar-refractivity contribution >= 4 is 0 Å². The Morgan fingerprint density at radius 2 is 1.41 bits per heavy atom. The van der Waals surface area contributed by atoms with Gasteiger partial charge in [-0.1, -0.05) is 0 Å². The summed E-state index contributed by atoms with van der Waals surface area (Å²) in [5.74, 6) is -1.05. The molecule has 0 aromatic rings. The Bertz CT molecular complexity index is 314. The molecule has 4 atom stereocenters. The molecule has 0 aromatic heterocycles. The van der Waals surface area contributed by atoms with Gasteiger partial charge in [0, 0.05) is 0 Å². The zero-order valence-electron chi connectivity index (χ0n) is 10.8. The van der Waals surface area contributed by atoms with Gasteiger partial charge in [0.05, 0.1) is 13.2 Å². The summed E-state index contributed by atoms with van der Waals surface area (Å²) < 4.78 is 28.8. The minimum Gasteiger partial charge on any atom is -0.370 e. The van der Waals surface area contributed by atoms with Gasteiger partial charge in [0.1, 0.15) is 24.4 Å². The van der Waals surface area contributed by atoms with E-state index in [1.54, 1.807) is 0 Å². The first-order chi connectivity index (χ1) is 7.86. The molecule has 5 nitrogen and oxygen atoms in total. The van der Waals surface area contributed by atoms with E-state index < -0.39 is 11.6 Å². The fourth-order valence-electron chi connectivity index (χ4n) is 2.77. The molecule has 0 aliphatic carbocycles. The van der Waals surface area contributed by atoms with Crippen molar-refractivity contribution in [3.05, 3.63) is 0 Å². The molecule has 5 heteroatoms. The minimum absolute atomic E-state index is 0.0160. The van der Waals surface area contributed by atoms with Gasteiger partial charge in [-0.3, -0.25) is 0 Å². The molecular formula is C12H20O5. The highest BCUT2D eigenvalue weighted by atomic mass is 16.8. The molecular weight excluding hydrogens is 224 g/mol. The summed E-state index contributed by atoms with van der Waals surface area (Å²) in [6.07, 6.45) is -0.198. The summed E-state index contributed by atoms with van der Waals surface area (Å²) in [6.45, 7) is 8.80. The maximum atomic E-state index is 5.88. The second-order valence-electron chi connectivity index (χ2n) is 5.80. The van der Waals surface area contributed by atoms with Gasteiger partial charge in [-0.25, -0.2) is 0 Å². The van der Waals surface area contributed by atoms with Gasteiger partial charge in [0.2, 0.25) is 0 Å². The van der Waals surface area contributed by atoms with Crippen molar-refractivity contribution in [3.8, 4) is 0 Å². The molecule has 3 heterocycles. The first-order valence-corrected chi connectivity index (χ1v) is 6.15. The van der Waals surface area contributed by atoms with Crippen molar-refractivity contribution < 1.29 is 23.7 Å². The van der Waals surface area contributed by atoms with Gasteiger partial charge in [-0.05, 0) is 27.7 Å². The topological polar surface area (TPSA) is 46.2 Å². The standard InChI is InChI=1S/C12H20O5/c1-11(2)14-6-8(15-11)9-10-7(5-13-9)16-12(3,4)17-10/h7-10H,5-6H2,1-4H3/t7-,8+,9-,10-/m1/s1. The van der Waals surface area contributed by atoms with Crippen molar-refractivity contribution in [1.82, 2.24) is 0 Å². The molecule has 3 aliphatic rings. The highest BCUT2D eigenvalue weighted by Gasteiger charge is 2.54. The number of hydrogen-bond donors (Lipinski definition) is 0. The Labute approximate surface area is 101 Å². The second-order valence-corrected chi connectivity index (χ2v) is 5.80. The second kappa shape index (κ2) is 3.65. The van der Waals surface area contributed by atoms with Gasteiger partial charge in [-0.2, -0.15) is 0 Å². The molecule has 0 radical (unpaired) electrons. The van der Waals surface area contributed by atoms with Crippen LogP contribution in [0.25, 0.3) is 0 Å². The van der Waals surface area contributed by atoms with Gasteiger partial charge in [-0.15, -0.1) is 0 Å². The Hall–Kier alpha value is -0.200. The van der Waals surface area contributed by atoms with E-state index in [9.17, 15) is 0 Å². The van der Waals surface area contributed by atoms with E-state index in [2.05, 4.69) is 0 Å². The van der Waals surface area contributed by atoms with Crippen molar-refractivity contribution in [2.45, 2.75) is 63.7 Å². The first kappa shape index (κ1) is 11.9. The Kier molecular flexibility index (Phi) is 2.55. The third kappa shape index (κ3) is 2.11. The quantitative estimate of drug-likeness (QED) is 0.690. The lowest BCUT2D eigenvalue weighted by molar-refractivity contribution is -0.195. The van der Waals surface area contributed by atoms with Crippen LogP contribution in [0.3, 0.4) is 0 Å². The van der Waals surface area contributed by atoms with Crippen LogP contribution in [-0.2, 0) is 23.7 Å². The maximum Gasteiger partial charge on any atom is 0.164 e. The fourth-order valence-corrected chi connectivity index (χ4v) is 2.77. The van der Waals surface area contributed by atoms with Gasteiger partial charge < -0.3 is 23.7 Å². The number of rotatable bonds is 1. The van der Waals surface area contributed by atoms with Gasteiger partial charge in [0.25, 0.3) is 0 Å². The monoisotopic (exact) mass is 244 g/mol. The van der Waals surface area contributed by atoms with Crippen LogP contribution in [0.1, 0.15) is 27.7 Å². The Balaban J connectivity index is 1.70. The predicted molar refractivity (Wildman–Crippen MR) is 58.5 cm³/mol. The predicted octanol–water partition coefficient (Wildman–Crippen LogP) is 1.06. The lowest BCUT2D eigenvalue weighted by atomic mass is 10.1. The summed E-state index contributed by atoms with van der Waals surface area (Å²) in [7, 11) is 0. The number of hydrogen-bond acceptors (Lipinski definition) is 5. The third-order valence-corrected chi connectivity index (χ3v) is 3.40. The molecule has 0 amide bonds. The fraction of sp³-hybridized carbons (Fsp3) is 1.00. The first-order valence-electron chi connectivity index (χ1n) is 6.15. The van der Waals surface area contributed by atoms with Crippen LogP contribution in [-0.4, -0.2) is 49.2 Å². The molecule has 17 heavy (non-hydrogen) atoms. The normalized spacial score (nSPS) is 47.3. The van der Waals surface area contributed by atoms with Gasteiger partial charge >= 0.3 is 0 Å². The zero-order valence-corrected chi connectivity index (χ0v) is 10.8. The van der Waals surface area contributed by atoms with Crippen molar-refractivity contribution in [3.63, 3.8) is 0 Å². The van der Waals surface area contributed by atoms with Crippen LogP contribution < -0.4 is 0 Å². The lowest BCUT2D eigenvalue weighted by Gasteiger charge is -2.25. The minimum atomic E-state index is -0.527. The average molecular weight is 244 g/mol. The Morgan fingerprint density at radius 1 is 0.765 bits per heavy atom. The summed E-state index contributed by atoms with van der Waals surface area (Å²) in [4.78, 5) is 0. The summed E-state index contributed by atoms with van der Waals surface area (Å²) in [5, 5.41) is 0. The SMILES string of the molecule is CC1(C)OC[C@@H]([C@H]2OC[C@H]3OC(C)(C)O[C@@H]23)O1. The van der Waals surface area contributed by atoms with Crippen LogP contribution >= 0.6 is 0 Å². The van der Waals surface area contributed by atoms with E-state index >= 15 is 0 Å². The van der Waals surface area contributed by atoms with Crippen LogP contribution in [0.5, 0.6) is 0 Å². The van der Waals surface area contributed by atoms with Crippen molar-refractivity contribution in [2.24, 2.45) is 0 Å². The number of ether oxygens (including phenoxy) is 5. The molecule has 0 unspecified atom stereocenters. The summed E-state index contributed by atoms with van der Waals surface area (Å²) in [5.41, 5.74) is 0. The van der Waals surface area contributed by atoms with Crippen LogP contribution in [0.4, 0.5) is 0 Å². The zero-order chi connectivity index (χ0) is 12.3. The summed E-state index contributed by atoms with van der Waals surface area (Å²) in [6, 6.07) is 0.